The SMILES string of the molecule is COCCNc1nc(-c2ccccc2OC)ccc1C(=O)NCCc1ccccn1. The third-order valence-corrected chi connectivity index (χ3v) is 4.51. The lowest BCUT2D eigenvalue weighted by Crippen LogP contribution is -2.27. The number of ether oxygens (including phenoxy) is 2. The molecule has 30 heavy (non-hydrogen) atoms. The van der Waals surface area contributed by atoms with Gasteiger partial charge in [0, 0.05) is 44.1 Å². The Morgan fingerprint density at radius 2 is 1.83 bits per heavy atom. The minimum absolute atomic E-state index is 0.190. The lowest BCUT2D eigenvalue weighted by atomic mass is 10.1. The van der Waals surface area contributed by atoms with Gasteiger partial charge in [-0.05, 0) is 36.4 Å². The van der Waals surface area contributed by atoms with E-state index in [1.807, 2.05) is 48.5 Å². The molecule has 0 unspecified atom stereocenters. The fraction of sp³-hybridized carbons (Fsp3) is 0.261. The molecule has 0 saturated heterocycles. The summed E-state index contributed by atoms with van der Waals surface area (Å²) < 4.78 is 10.6. The monoisotopic (exact) mass is 406 g/mol. The molecule has 0 fully saturated rings. The zero-order valence-electron chi connectivity index (χ0n) is 17.2. The molecule has 1 amide bonds. The summed E-state index contributed by atoms with van der Waals surface area (Å²) in [6, 6.07) is 17.0. The number of amides is 1. The first-order chi connectivity index (χ1) is 14.7. The third-order valence-electron chi connectivity index (χ3n) is 4.51. The molecule has 2 N–H and O–H groups in total. The molecule has 2 heterocycles. The van der Waals surface area contributed by atoms with Crippen LogP contribution in [0.2, 0.25) is 0 Å². The molecule has 7 nitrogen and oxygen atoms in total. The number of aromatic nitrogens is 2. The first-order valence-corrected chi connectivity index (χ1v) is 9.78. The van der Waals surface area contributed by atoms with E-state index in [2.05, 4.69) is 15.6 Å². The van der Waals surface area contributed by atoms with Gasteiger partial charge in [0.2, 0.25) is 0 Å². The predicted molar refractivity (Wildman–Crippen MR) is 117 cm³/mol. The van der Waals surface area contributed by atoms with Gasteiger partial charge in [0.05, 0.1) is 25.0 Å². The minimum atomic E-state index is -0.190. The molecule has 1 aromatic carbocycles. The Morgan fingerprint density at radius 1 is 1.00 bits per heavy atom. The molecule has 3 aromatic rings. The van der Waals surface area contributed by atoms with Crippen molar-refractivity contribution < 1.29 is 14.3 Å². The highest BCUT2D eigenvalue weighted by atomic mass is 16.5. The van der Waals surface area contributed by atoms with E-state index in [1.54, 1.807) is 26.5 Å². The van der Waals surface area contributed by atoms with E-state index >= 15 is 0 Å². The second-order valence-corrected chi connectivity index (χ2v) is 6.54. The topological polar surface area (TPSA) is 85.4 Å². The Balaban J connectivity index is 1.79. The van der Waals surface area contributed by atoms with E-state index in [0.29, 0.717) is 37.5 Å². The van der Waals surface area contributed by atoms with E-state index in [4.69, 9.17) is 14.5 Å². The van der Waals surface area contributed by atoms with Crippen LogP contribution in [0.5, 0.6) is 5.75 Å². The Labute approximate surface area is 176 Å². The van der Waals surface area contributed by atoms with Crippen LogP contribution in [0.3, 0.4) is 0 Å². The molecule has 0 aliphatic carbocycles. The summed E-state index contributed by atoms with van der Waals surface area (Å²) in [6.07, 6.45) is 2.40. The second kappa shape index (κ2) is 10.9. The van der Waals surface area contributed by atoms with Crippen molar-refractivity contribution in [2.24, 2.45) is 0 Å². The number of pyridine rings is 2. The standard InChI is InChI=1S/C23H26N4O3/c1-29-16-15-25-22-19(23(28)26-14-12-17-7-5-6-13-24-17)10-11-20(27-22)18-8-3-4-9-21(18)30-2/h3-11,13H,12,14-16H2,1-2H3,(H,25,27)(H,26,28). The van der Waals surface area contributed by atoms with Gasteiger partial charge in [0.15, 0.2) is 0 Å². The van der Waals surface area contributed by atoms with Gasteiger partial charge in [-0.2, -0.15) is 0 Å². The van der Waals surface area contributed by atoms with Gasteiger partial charge in [-0.25, -0.2) is 4.98 Å². The highest BCUT2D eigenvalue weighted by Gasteiger charge is 2.15. The summed E-state index contributed by atoms with van der Waals surface area (Å²) in [5.74, 6) is 1.04. The van der Waals surface area contributed by atoms with E-state index in [1.165, 1.54) is 0 Å². The molecule has 0 radical (unpaired) electrons. The van der Waals surface area contributed by atoms with Crippen LogP contribution in [0.4, 0.5) is 5.82 Å². The Bertz CT molecular complexity index is 964. The second-order valence-electron chi connectivity index (χ2n) is 6.54. The molecule has 7 heteroatoms. The molecule has 0 spiro atoms. The van der Waals surface area contributed by atoms with E-state index in [0.717, 1.165) is 22.7 Å². The maximum Gasteiger partial charge on any atom is 0.255 e. The molecule has 0 atom stereocenters. The van der Waals surface area contributed by atoms with Crippen LogP contribution >= 0.6 is 0 Å². The van der Waals surface area contributed by atoms with Crippen LogP contribution in [-0.4, -0.2) is 49.8 Å². The number of rotatable bonds is 10. The third kappa shape index (κ3) is 5.55. The van der Waals surface area contributed by atoms with Crippen LogP contribution in [0.15, 0.2) is 60.8 Å². The van der Waals surface area contributed by atoms with Crippen molar-refractivity contribution in [2.45, 2.75) is 6.42 Å². The van der Waals surface area contributed by atoms with Gasteiger partial charge in [-0.15, -0.1) is 0 Å². The van der Waals surface area contributed by atoms with Crippen LogP contribution in [0, 0.1) is 0 Å². The molecule has 0 aliphatic rings. The van der Waals surface area contributed by atoms with E-state index < -0.39 is 0 Å². The van der Waals surface area contributed by atoms with Crippen LogP contribution in [0.1, 0.15) is 16.1 Å². The summed E-state index contributed by atoms with van der Waals surface area (Å²) >= 11 is 0. The number of hydrogen-bond donors (Lipinski definition) is 2. The van der Waals surface area contributed by atoms with Crippen molar-refractivity contribution in [3.8, 4) is 17.0 Å². The van der Waals surface area contributed by atoms with Crippen molar-refractivity contribution in [3.63, 3.8) is 0 Å². The van der Waals surface area contributed by atoms with Gasteiger partial charge in [-0.1, -0.05) is 18.2 Å². The van der Waals surface area contributed by atoms with E-state index in [-0.39, 0.29) is 5.91 Å². The van der Waals surface area contributed by atoms with Crippen LogP contribution < -0.4 is 15.4 Å². The number of nitrogens with one attached hydrogen (secondary N) is 2. The molecule has 3 rings (SSSR count). The van der Waals surface area contributed by atoms with E-state index in [9.17, 15) is 4.79 Å². The van der Waals surface area contributed by atoms with Gasteiger partial charge in [-0.3, -0.25) is 9.78 Å². The van der Waals surface area contributed by atoms with Crippen molar-refractivity contribution in [1.82, 2.24) is 15.3 Å². The normalized spacial score (nSPS) is 10.5. The molecule has 0 bridgehead atoms. The maximum atomic E-state index is 12.8. The highest BCUT2D eigenvalue weighted by Crippen LogP contribution is 2.29. The summed E-state index contributed by atoms with van der Waals surface area (Å²) in [5.41, 5.74) is 2.99. The fourth-order valence-electron chi connectivity index (χ4n) is 3.00. The largest absolute Gasteiger partial charge is 0.496 e. The number of anilines is 1. The zero-order valence-corrected chi connectivity index (χ0v) is 17.2. The number of nitrogens with zero attached hydrogens (tertiary/aromatic N) is 2. The zero-order chi connectivity index (χ0) is 21.2. The smallest absolute Gasteiger partial charge is 0.255 e. The number of methoxy groups -OCH3 is 2. The Hall–Kier alpha value is -3.45. The number of benzene rings is 1. The molecule has 2 aromatic heterocycles. The van der Waals surface area contributed by atoms with Gasteiger partial charge >= 0.3 is 0 Å². The average Bonchev–Trinajstić information content (AvgIpc) is 2.79. The lowest BCUT2D eigenvalue weighted by molar-refractivity contribution is 0.0954. The number of carbonyl (C=O) groups excluding carboxylic acids is 1. The van der Waals surface area contributed by atoms with Gasteiger partial charge < -0.3 is 20.1 Å². The highest BCUT2D eigenvalue weighted by molar-refractivity contribution is 5.99. The van der Waals surface area contributed by atoms with Gasteiger partial charge in [0.25, 0.3) is 5.91 Å². The molecule has 156 valence electrons. The maximum absolute atomic E-state index is 12.8. The fourth-order valence-corrected chi connectivity index (χ4v) is 3.00. The summed E-state index contributed by atoms with van der Waals surface area (Å²) in [4.78, 5) is 21.8. The predicted octanol–water partition coefficient (Wildman–Crippen LogP) is 3.18. The minimum Gasteiger partial charge on any atom is -0.496 e. The summed E-state index contributed by atoms with van der Waals surface area (Å²) in [5, 5.41) is 6.15. The number of carbonyl (C=O) groups is 1. The molecule has 0 aliphatic heterocycles. The van der Waals surface area contributed by atoms with Crippen molar-refractivity contribution in [1.29, 1.82) is 0 Å². The molecular formula is C23H26N4O3. The first-order valence-electron chi connectivity index (χ1n) is 9.78. The quantitative estimate of drug-likeness (QED) is 0.503. The van der Waals surface area contributed by atoms with Crippen LogP contribution in [-0.2, 0) is 11.2 Å². The first kappa shape index (κ1) is 21.3. The van der Waals surface area contributed by atoms with Crippen LogP contribution in [0.25, 0.3) is 11.3 Å². The van der Waals surface area contributed by atoms with Crippen molar-refractivity contribution in [3.05, 3.63) is 72.1 Å². The lowest BCUT2D eigenvalue weighted by Gasteiger charge is -2.14. The Kier molecular flexibility index (Phi) is 7.74. The molecule has 0 saturated carbocycles. The summed E-state index contributed by atoms with van der Waals surface area (Å²) in [6.45, 7) is 1.52. The molecular weight excluding hydrogens is 380 g/mol. The van der Waals surface area contributed by atoms with Crippen molar-refractivity contribution >= 4 is 11.7 Å². The van der Waals surface area contributed by atoms with Crippen molar-refractivity contribution in [2.75, 3.05) is 39.2 Å². The Morgan fingerprint density at radius 3 is 2.60 bits per heavy atom. The number of hydrogen-bond acceptors (Lipinski definition) is 6. The average molecular weight is 406 g/mol. The van der Waals surface area contributed by atoms with Gasteiger partial charge in [0.1, 0.15) is 11.6 Å². The number of para-hydroxylation sites is 1. The summed E-state index contributed by atoms with van der Waals surface area (Å²) in [7, 11) is 3.26.